The van der Waals surface area contributed by atoms with Crippen molar-refractivity contribution in [1.82, 2.24) is 0 Å². The molecule has 0 aliphatic heterocycles. The van der Waals surface area contributed by atoms with E-state index >= 15 is 0 Å². The Hall–Kier alpha value is -0.640. The van der Waals surface area contributed by atoms with Gasteiger partial charge >= 0.3 is 0 Å². The normalized spacial score (nSPS) is 10.2. The molecule has 1 N–H and O–H groups in total. The van der Waals surface area contributed by atoms with E-state index in [1.165, 1.54) is 6.92 Å². The molecule has 0 heterocycles. The third kappa shape index (κ3) is 1.35. The van der Waals surface area contributed by atoms with Gasteiger partial charge in [-0.2, -0.15) is 0 Å². The van der Waals surface area contributed by atoms with Crippen molar-refractivity contribution >= 4 is 15.9 Å². The average Bonchev–Trinajstić information content (AvgIpc) is 1.97. The van der Waals surface area contributed by atoms with E-state index in [4.69, 9.17) is 5.11 Å². The van der Waals surface area contributed by atoms with Crippen molar-refractivity contribution in [1.29, 1.82) is 0 Å². The van der Waals surface area contributed by atoms with Crippen molar-refractivity contribution in [2.75, 3.05) is 0 Å². The number of rotatable bonds is 0. The van der Waals surface area contributed by atoms with Gasteiger partial charge in [-0.05, 0) is 34.5 Å². The number of phenols is 1. The van der Waals surface area contributed by atoms with Gasteiger partial charge in [0, 0.05) is 0 Å². The Labute approximate surface area is 70.8 Å². The van der Waals surface area contributed by atoms with Crippen LogP contribution < -0.4 is 0 Å². The van der Waals surface area contributed by atoms with E-state index in [1.54, 1.807) is 0 Å². The van der Waals surface area contributed by atoms with E-state index in [-0.39, 0.29) is 10.2 Å². The van der Waals surface area contributed by atoms with E-state index in [0.717, 1.165) is 6.07 Å². The van der Waals surface area contributed by atoms with Crippen LogP contribution in [0.5, 0.6) is 5.75 Å². The lowest BCUT2D eigenvalue weighted by Crippen LogP contribution is -1.88. The molecular weight excluding hydrogens is 218 g/mol. The minimum absolute atomic E-state index is 0.227. The van der Waals surface area contributed by atoms with E-state index in [2.05, 4.69) is 15.9 Å². The molecule has 1 nitrogen and oxygen atoms in total. The zero-order valence-electron chi connectivity index (χ0n) is 5.66. The highest BCUT2D eigenvalue weighted by atomic mass is 79.9. The number of hydrogen-bond acceptors (Lipinski definition) is 1. The van der Waals surface area contributed by atoms with Crippen LogP contribution in [0, 0.1) is 18.6 Å². The predicted molar refractivity (Wildman–Crippen MR) is 40.5 cm³/mol. The molecule has 0 amide bonds. The van der Waals surface area contributed by atoms with Gasteiger partial charge in [-0.1, -0.05) is 0 Å². The lowest BCUT2D eigenvalue weighted by Gasteiger charge is -2.02. The molecule has 0 aliphatic carbocycles. The Bertz CT molecular complexity index is 273. The van der Waals surface area contributed by atoms with Gasteiger partial charge in [-0.3, -0.25) is 0 Å². The summed E-state index contributed by atoms with van der Waals surface area (Å²) in [6.07, 6.45) is 0. The minimum atomic E-state index is -1.06. The summed E-state index contributed by atoms with van der Waals surface area (Å²) in [6.45, 7) is 1.49. The van der Waals surface area contributed by atoms with Gasteiger partial charge in [-0.25, -0.2) is 8.78 Å². The fourth-order valence-electron chi connectivity index (χ4n) is 0.704. The van der Waals surface area contributed by atoms with Gasteiger partial charge in [0.15, 0.2) is 11.6 Å². The maximum Gasteiger partial charge on any atom is 0.176 e. The molecule has 0 bridgehead atoms. The highest BCUT2D eigenvalue weighted by Crippen LogP contribution is 2.31. The summed E-state index contributed by atoms with van der Waals surface area (Å²) < 4.78 is 24.9. The van der Waals surface area contributed by atoms with Crippen LogP contribution in [-0.2, 0) is 0 Å². The highest BCUT2D eigenvalue weighted by molar-refractivity contribution is 9.10. The molecule has 0 radical (unpaired) electrons. The van der Waals surface area contributed by atoms with Gasteiger partial charge < -0.3 is 5.11 Å². The SMILES string of the molecule is Cc1cc(F)c(F)c(Br)c1O. The third-order valence-corrected chi connectivity index (χ3v) is 2.05. The van der Waals surface area contributed by atoms with Gasteiger partial charge in [0.1, 0.15) is 5.75 Å². The summed E-state index contributed by atoms with van der Waals surface area (Å²) in [5.74, 6) is -2.29. The van der Waals surface area contributed by atoms with Crippen LogP contribution in [0.2, 0.25) is 0 Å². The van der Waals surface area contributed by atoms with E-state index in [9.17, 15) is 8.78 Å². The van der Waals surface area contributed by atoms with Crippen molar-refractivity contribution in [3.8, 4) is 5.75 Å². The predicted octanol–water partition coefficient (Wildman–Crippen LogP) is 2.74. The second kappa shape index (κ2) is 2.77. The van der Waals surface area contributed by atoms with Crippen LogP contribution in [0.3, 0.4) is 0 Å². The van der Waals surface area contributed by atoms with Crippen molar-refractivity contribution < 1.29 is 13.9 Å². The molecule has 4 heteroatoms. The molecule has 1 aromatic carbocycles. The van der Waals surface area contributed by atoms with Crippen LogP contribution >= 0.6 is 15.9 Å². The van der Waals surface area contributed by atoms with Gasteiger partial charge in [0.2, 0.25) is 0 Å². The maximum atomic E-state index is 12.6. The average molecular weight is 223 g/mol. The van der Waals surface area contributed by atoms with Crippen LogP contribution in [0.1, 0.15) is 5.56 Å². The van der Waals surface area contributed by atoms with Crippen LogP contribution in [0.15, 0.2) is 10.5 Å². The lowest BCUT2D eigenvalue weighted by molar-refractivity contribution is 0.444. The highest BCUT2D eigenvalue weighted by Gasteiger charge is 2.12. The molecule has 0 spiro atoms. The van der Waals surface area contributed by atoms with Gasteiger partial charge in [0.25, 0.3) is 0 Å². The van der Waals surface area contributed by atoms with Crippen LogP contribution in [-0.4, -0.2) is 5.11 Å². The fraction of sp³-hybridized carbons (Fsp3) is 0.143. The van der Waals surface area contributed by atoms with Crippen molar-refractivity contribution in [3.05, 3.63) is 27.7 Å². The second-order valence-corrected chi connectivity index (χ2v) is 2.94. The minimum Gasteiger partial charge on any atom is -0.506 e. The van der Waals surface area contributed by atoms with Crippen LogP contribution in [0.25, 0.3) is 0 Å². The number of phenolic OH excluding ortho intramolecular Hbond substituents is 1. The number of hydrogen-bond donors (Lipinski definition) is 1. The number of benzene rings is 1. The molecule has 0 atom stereocenters. The van der Waals surface area contributed by atoms with E-state index in [0.29, 0.717) is 5.56 Å². The molecular formula is C7H5BrF2O. The zero-order valence-corrected chi connectivity index (χ0v) is 7.24. The van der Waals surface area contributed by atoms with E-state index in [1.807, 2.05) is 0 Å². The smallest absolute Gasteiger partial charge is 0.176 e. The van der Waals surface area contributed by atoms with Gasteiger partial charge in [0.05, 0.1) is 4.47 Å². The molecule has 60 valence electrons. The molecule has 0 fully saturated rings. The first kappa shape index (κ1) is 8.46. The topological polar surface area (TPSA) is 20.2 Å². The monoisotopic (exact) mass is 222 g/mol. The summed E-state index contributed by atoms with van der Waals surface area (Å²) in [6, 6.07) is 0.940. The summed E-state index contributed by atoms with van der Waals surface area (Å²) in [5, 5.41) is 9.06. The molecule has 0 saturated carbocycles. The molecule has 0 aromatic heterocycles. The first-order valence-electron chi connectivity index (χ1n) is 2.87. The molecule has 1 aromatic rings. The van der Waals surface area contributed by atoms with Crippen molar-refractivity contribution in [2.24, 2.45) is 0 Å². The molecule has 0 saturated heterocycles. The largest absolute Gasteiger partial charge is 0.506 e. The molecule has 1 rings (SSSR count). The van der Waals surface area contributed by atoms with Crippen LogP contribution in [0.4, 0.5) is 8.78 Å². The third-order valence-electron chi connectivity index (χ3n) is 1.33. The maximum absolute atomic E-state index is 12.6. The van der Waals surface area contributed by atoms with E-state index < -0.39 is 11.6 Å². The van der Waals surface area contributed by atoms with Crippen molar-refractivity contribution in [2.45, 2.75) is 6.92 Å². The summed E-state index contributed by atoms with van der Waals surface area (Å²) in [7, 11) is 0. The quantitative estimate of drug-likeness (QED) is 0.670. The lowest BCUT2D eigenvalue weighted by atomic mass is 10.2. The Balaban J connectivity index is 3.46. The number of halogens is 3. The zero-order chi connectivity index (χ0) is 8.59. The standard InChI is InChI=1S/C7H5BrF2O/c1-3-2-4(9)6(10)5(8)7(3)11/h2,11H,1H3. The summed E-state index contributed by atoms with van der Waals surface area (Å²) >= 11 is 2.72. The Kier molecular flexibility index (Phi) is 2.13. The Morgan fingerprint density at radius 2 is 2.00 bits per heavy atom. The fourth-order valence-corrected chi connectivity index (χ4v) is 1.21. The number of aromatic hydroxyl groups is 1. The number of aryl methyl sites for hydroxylation is 1. The summed E-state index contributed by atoms with van der Waals surface area (Å²) in [5.41, 5.74) is 0.302. The Morgan fingerprint density at radius 1 is 1.45 bits per heavy atom. The molecule has 11 heavy (non-hydrogen) atoms. The van der Waals surface area contributed by atoms with Gasteiger partial charge in [-0.15, -0.1) is 0 Å². The Morgan fingerprint density at radius 3 is 2.55 bits per heavy atom. The molecule has 0 unspecified atom stereocenters. The second-order valence-electron chi connectivity index (χ2n) is 2.15. The first-order valence-corrected chi connectivity index (χ1v) is 3.66. The van der Waals surface area contributed by atoms with Crippen molar-refractivity contribution in [3.63, 3.8) is 0 Å². The summed E-state index contributed by atoms with van der Waals surface area (Å²) in [4.78, 5) is 0. The molecule has 0 aliphatic rings. The first-order chi connectivity index (χ1) is 5.04.